The van der Waals surface area contributed by atoms with Crippen molar-refractivity contribution < 1.29 is 23.8 Å². The molecule has 40 heavy (non-hydrogen) atoms. The first-order valence-electron chi connectivity index (χ1n) is 12.8. The summed E-state index contributed by atoms with van der Waals surface area (Å²) in [5.74, 6) is 1.79. The van der Waals surface area contributed by atoms with E-state index in [1.54, 1.807) is 60.3 Å². The van der Waals surface area contributed by atoms with Crippen molar-refractivity contribution in [3.05, 3.63) is 106 Å². The van der Waals surface area contributed by atoms with Crippen LogP contribution in [0.4, 0.5) is 10.1 Å². The maximum Gasteiger partial charge on any atom is 0.252 e. The minimum absolute atomic E-state index is 0.0241. The molecule has 1 aliphatic heterocycles. The molecule has 0 aliphatic carbocycles. The third-order valence-corrected chi connectivity index (χ3v) is 7.23. The molecule has 11 heteroatoms. The number of carbonyl (C=O) groups is 1. The minimum atomic E-state index is -1.26. The summed E-state index contributed by atoms with van der Waals surface area (Å²) in [6, 6.07) is 20.6. The van der Waals surface area contributed by atoms with Crippen molar-refractivity contribution in [1.82, 2.24) is 5.32 Å². The van der Waals surface area contributed by atoms with Crippen LogP contribution in [0.3, 0.4) is 0 Å². The number of rotatable bonds is 14. The van der Waals surface area contributed by atoms with Crippen LogP contribution in [0.1, 0.15) is 23.1 Å². The quantitative estimate of drug-likeness (QED) is 0.118. The Hall–Kier alpha value is -4.05. The number of thioether (sulfide) groups is 1. The van der Waals surface area contributed by atoms with E-state index in [0.29, 0.717) is 59.5 Å². The molecule has 0 aromatic heterocycles. The second-order valence-electron chi connectivity index (χ2n) is 9.12. The first-order chi connectivity index (χ1) is 19.5. The molecule has 9 nitrogen and oxygen atoms in total. The van der Waals surface area contributed by atoms with Gasteiger partial charge < -0.3 is 19.9 Å². The van der Waals surface area contributed by atoms with Gasteiger partial charge in [-0.1, -0.05) is 41.5 Å². The molecule has 0 bridgehead atoms. The molecule has 3 aromatic carbocycles. The fourth-order valence-electron chi connectivity index (χ4n) is 4.12. The summed E-state index contributed by atoms with van der Waals surface area (Å²) in [5, 5.41) is 15.7. The van der Waals surface area contributed by atoms with Crippen molar-refractivity contribution in [3.63, 3.8) is 0 Å². The van der Waals surface area contributed by atoms with Gasteiger partial charge in [-0.15, -0.1) is 0 Å². The standard InChI is InChI=1S/C29H30FN5O4S/c30-24-10-6-21(7-11-24)19-40-17-14-32-28(37)29(18-23-4-1-2-5-26(23)34-35-31)20-39-27(33-29)22-8-12-25(13-9-22)38-16-3-15-36/h1-2,4-13,36H,3,14-20H2,(H,32,37)/t29-/m1/s1. The molecule has 0 radical (unpaired) electrons. The van der Waals surface area contributed by atoms with Gasteiger partial charge in [0.2, 0.25) is 5.90 Å². The minimum Gasteiger partial charge on any atom is -0.494 e. The van der Waals surface area contributed by atoms with Crippen molar-refractivity contribution in [2.75, 3.05) is 32.1 Å². The molecule has 0 fully saturated rings. The third kappa shape index (κ3) is 7.75. The maximum atomic E-state index is 13.6. The molecule has 0 unspecified atom stereocenters. The fourth-order valence-corrected chi connectivity index (χ4v) is 4.94. The highest BCUT2D eigenvalue weighted by Gasteiger charge is 2.44. The molecule has 3 aromatic rings. The Balaban J connectivity index is 1.48. The van der Waals surface area contributed by atoms with Crippen LogP contribution in [0.2, 0.25) is 0 Å². The Morgan fingerprint density at radius 3 is 2.70 bits per heavy atom. The Bertz CT molecular complexity index is 1360. The van der Waals surface area contributed by atoms with E-state index in [1.807, 2.05) is 12.1 Å². The lowest BCUT2D eigenvalue weighted by atomic mass is 9.90. The number of amides is 1. The molecule has 4 rings (SSSR count). The van der Waals surface area contributed by atoms with Crippen LogP contribution in [0.5, 0.6) is 5.75 Å². The molecule has 208 valence electrons. The topological polar surface area (TPSA) is 129 Å². The molecule has 1 heterocycles. The van der Waals surface area contributed by atoms with Crippen molar-refractivity contribution in [2.45, 2.75) is 24.1 Å². The summed E-state index contributed by atoms with van der Waals surface area (Å²) < 4.78 is 24.7. The molecule has 2 N–H and O–H groups in total. The predicted octanol–water partition coefficient (Wildman–Crippen LogP) is 5.34. The Kier molecular flexibility index (Phi) is 10.4. The zero-order chi connectivity index (χ0) is 28.2. The van der Waals surface area contributed by atoms with Crippen molar-refractivity contribution in [1.29, 1.82) is 0 Å². The number of aliphatic imine (C=N–C) groups is 1. The van der Waals surface area contributed by atoms with E-state index < -0.39 is 5.54 Å². The van der Waals surface area contributed by atoms with E-state index in [9.17, 15) is 9.18 Å². The fraction of sp³-hybridized carbons (Fsp3) is 0.310. The first kappa shape index (κ1) is 28.9. The van der Waals surface area contributed by atoms with Crippen LogP contribution < -0.4 is 10.1 Å². The number of nitrogens with one attached hydrogen (secondary N) is 1. The summed E-state index contributed by atoms with van der Waals surface area (Å²) in [6.07, 6.45) is 0.722. The second-order valence-corrected chi connectivity index (χ2v) is 10.2. The van der Waals surface area contributed by atoms with Crippen LogP contribution in [-0.4, -0.2) is 54.6 Å². The number of ether oxygens (including phenoxy) is 2. The molecule has 0 saturated carbocycles. The zero-order valence-corrected chi connectivity index (χ0v) is 22.6. The number of aliphatic hydroxyl groups excluding tert-OH is 1. The van der Waals surface area contributed by atoms with E-state index in [-0.39, 0.29) is 31.4 Å². The Morgan fingerprint density at radius 2 is 1.95 bits per heavy atom. The van der Waals surface area contributed by atoms with Crippen molar-refractivity contribution in [2.24, 2.45) is 10.1 Å². The van der Waals surface area contributed by atoms with Crippen LogP contribution >= 0.6 is 11.8 Å². The SMILES string of the molecule is [N-]=[N+]=Nc1ccccc1C[C@]1(C(=O)NCCSCc2ccc(F)cc2)COC(c2ccc(OCCCO)cc2)=N1. The molecule has 1 amide bonds. The number of benzene rings is 3. The number of carbonyl (C=O) groups excluding carboxylic acids is 1. The van der Waals surface area contributed by atoms with Gasteiger partial charge in [-0.05, 0) is 53.1 Å². The van der Waals surface area contributed by atoms with E-state index in [1.165, 1.54) is 12.1 Å². The lowest BCUT2D eigenvalue weighted by molar-refractivity contribution is -0.126. The molecule has 1 atom stereocenters. The maximum absolute atomic E-state index is 13.6. The van der Waals surface area contributed by atoms with Gasteiger partial charge in [0, 0.05) is 53.7 Å². The first-order valence-corrected chi connectivity index (χ1v) is 14.0. The highest BCUT2D eigenvalue weighted by Crippen LogP contribution is 2.31. The second kappa shape index (κ2) is 14.4. The van der Waals surface area contributed by atoms with Gasteiger partial charge in [-0.25, -0.2) is 9.38 Å². The van der Waals surface area contributed by atoms with Crippen molar-refractivity contribution in [3.8, 4) is 5.75 Å². The average Bonchev–Trinajstić information content (AvgIpc) is 3.41. The molecule has 0 saturated heterocycles. The van der Waals surface area contributed by atoms with Crippen LogP contribution in [0.15, 0.2) is 82.9 Å². The van der Waals surface area contributed by atoms with Gasteiger partial charge in [0.1, 0.15) is 18.2 Å². The van der Waals surface area contributed by atoms with Gasteiger partial charge in [0.05, 0.1) is 6.61 Å². The third-order valence-electron chi connectivity index (χ3n) is 6.20. The van der Waals surface area contributed by atoms with Crippen molar-refractivity contribution >= 4 is 29.3 Å². The number of hydrogen-bond acceptors (Lipinski definition) is 7. The molecule has 0 spiro atoms. The van der Waals surface area contributed by atoms with Gasteiger partial charge in [0.25, 0.3) is 5.91 Å². The lowest BCUT2D eigenvalue weighted by Gasteiger charge is -2.24. The number of nitrogens with zero attached hydrogens (tertiary/aromatic N) is 4. The number of aliphatic hydroxyl groups is 1. The molecule has 1 aliphatic rings. The van der Waals surface area contributed by atoms with Crippen LogP contribution in [0.25, 0.3) is 10.4 Å². The molecular formula is C29H30FN5O4S. The average molecular weight is 564 g/mol. The summed E-state index contributed by atoms with van der Waals surface area (Å²) in [6.45, 7) is 0.900. The summed E-state index contributed by atoms with van der Waals surface area (Å²) in [7, 11) is 0. The van der Waals surface area contributed by atoms with E-state index >= 15 is 0 Å². The monoisotopic (exact) mass is 563 g/mol. The zero-order valence-electron chi connectivity index (χ0n) is 21.8. The van der Waals surface area contributed by atoms with E-state index in [2.05, 4.69) is 15.3 Å². The van der Waals surface area contributed by atoms with Crippen LogP contribution in [-0.2, 0) is 21.7 Å². The smallest absolute Gasteiger partial charge is 0.252 e. The van der Waals surface area contributed by atoms with E-state index in [0.717, 1.165) is 5.56 Å². The normalized spacial score (nSPS) is 16.0. The summed E-state index contributed by atoms with van der Waals surface area (Å²) >= 11 is 1.63. The van der Waals surface area contributed by atoms with E-state index in [4.69, 9.17) is 25.1 Å². The lowest BCUT2D eigenvalue weighted by Crippen LogP contribution is -2.49. The number of hydrogen-bond donors (Lipinski definition) is 2. The van der Waals surface area contributed by atoms with Crippen LogP contribution in [0, 0.1) is 5.82 Å². The largest absolute Gasteiger partial charge is 0.494 e. The summed E-state index contributed by atoms with van der Waals surface area (Å²) in [5.41, 5.74) is 10.6. The van der Waals surface area contributed by atoms with Gasteiger partial charge >= 0.3 is 0 Å². The number of halogens is 1. The highest BCUT2D eigenvalue weighted by molar-refractivity contribution is 7.98. The van der Waals surface area contributed by atoms with Gasteiger partial charge in [0.15, 0.2) is 5.54 Å². The summed E-state index contributed by atoms with van der Waals surface area (Å²) in [4.78, 5) is 21.3. The Labute approximate surface area is 236 Å². The van der Waals surface area contributed by atoms with Gasteiger partial charge in [-0.2, -0.15) is 11.8 Å². The van der Waals surface area contributed by atoms with Gasteiger partial charge in [-0.3, -0.25) is 4.79 Å². The number of azide groups is 1. The highest BCUT2D eigenvalue weighted by atomic mass is 32.2. The molecular weight excluding hydrogens is 533 g/mol. The Morgan fingerprint density at radius 1 is 1.18 bits per heavy atom. The predicted molar refractivity (Wildman–Crippen MR) is 153 cm³/mol.